The van der Waals surface area contributed by atoms with Crippen LogP contribution in [0.1, 0.15) is 45.2 Å². The SMILES string of the molecule is CC(C)(C)OC(=O)NC1CCCNC1c1cccc(F)c1. The maximum atomic E-state index is 13.4. The number of hydrogen-bond donors (Lipinski definition) is 2. The standard InChI is InChI=1S/C16H23FN2O2/c1-16(2,3)21-15(20)19-13-8-5-9-18-14(13)11-6-4-7-12(17)10-11/h4,6-7,10,13-14,18H,5,8-9H2,1-3H3,(H,19,20). The fraction of sp³-hybridized carbons (Fsp3) is 0.562. The lowest BCUT2D eigenvalue weighted by Gasteiger charge is -2.34. The van der Waals surface area contributed by atoms with E-state index in [0.717, 1.165) is 24.9 Å². The number of benzene rings is 1. The molecule has 1 aliphatic heterocycles. The van der Waals surface area contributed by atoms with E-state index < -0.39 is 11.7 Å². The van der Waals surface area contributed by atoms with Crippen molar-refractivity contribution in [1.29, 1.82) is 0 Å². The third-order valence-corrected chi connectivity index (χ3v) is 3.37. The molecule has 1 aliphatic rings. The molecule has 21 heavy (non-hydrogen) atoms. The summed E-state index contributed by atoms with van der Waals surface area (Å²) in [5, 5.41) is 6.24. The normalized spacial score (nSPS) is 22.7. The van der Waals surface area contributed by atoms with Gasteiger partial charge in [0.15, 0.2) is 0 Å². The lowest BCUT2D eigenvalue weighted by molar-refractivity contribution is 0.0481. The molecule has 0 spiro atoms. The van der Waals surface area contributed by atoms with Gasteiger partial charge < -0.3 is 15.4 Å². The summed E-state index contributed by atoms with van der Waals surface area (Å²) < 4.78 is 18.7. The Kier molecular flexibility index (Phi) is 4.83. The first kappa shape index (κ1) is 15.8. The molecule has 116 valence electrons. The van der Waals surface area contributed by atoms with Crippen LogP contribution >= 0.6 is 0 Å². The number of carbonyl (C=O) groups excluding carboxylic acids is 1. The van der Waals surface area contributed by atoms with Gasteiger partial charge in [-0.05, 0) is 57.9 Å². The summed E-state index contributed by atoms with van der Waals surface area (Å²) in [5.41, 5.74) is 0.316. The second kappa shape index (κ2) is 6.43. The minimum atomic E-state index is -0.527. The molecule has 1 aromatic carbocycles. The van der Waals surface area contributed by atoms with Crippen LogP contribution in [0.5, 0.6) is 0 Å². The van der Waals surface area contributed by atoms with E-state index in [1.54, 1.807) is 6.07 Å². The second-order valence-electron chi connectivity index (χ2n) is 6.38. The van der Waals surface area contributed by atoms with Crippen molar-refractivity contribution in [2.75, 3.05) is 6.54 Å². The molecule has 0 aromatic heterocycles. The Balaban J connectivity index is 2.07. The second-order valence-corrected chi connectivity index (χ2v) is 6.38. The maximum absolute atomic E-state index is 13.4. The summed E-state index contributed by atoms with van der Waals surface area (Å²) in [6.45, 7) is 6.34. The van der Waals surface area contributed by atoms with Crippen molar-refractivity contribution in [3.05, 3.63) is 35.6 Å². The third kappa shape index (κ3) is 4.70. The number of amides is 1. The van der Waals surface area contributed by atoms with Crippen molar-refractivity contribution in [1.82, 2.24) is 10.6 Å². The van der Waals surface area contributed by atoms with Crippen molar-refractivity contribution >= 4 is 6.09 Å². The van der Waals surface area contributed by atoms with Crippen molar-refractivity contribution in [3.63, 3.8) is 0 Å². The third-order valence-electron chi connectivity index (χ3n) is 3.37. The number of rotatable bonds is 2. The minimum absolute atomic E-state index is 0.0954. The molecule has 2 rings (SSSR count). The summed E-state index contributed by atoms with van der Waals surface area (Å²) in [6, 6.07) is 6.29. The monoisotopic (exact) mass is 294 g/mol. The number of hydrogen-bond acceptors (Lipinski definition) is 3. The maximum Gasteiger partial charge on any atom is 0.407 e. The molecule has 0 radical (unpaired) electrons. The molecular formula is C16H23FN2O2. The highest BCUT2D eigenvalue weighted by atomic mass is 19.1. The topological polar surface area (TPSA) is 50.4 Å². The molecule has 0 aliphatic carbocycles. The molecule has 0 bridgehead atoms. The van der Waals surface area contributed by atoms with E-state index in [-0.39, 0.29) is 17.9 Å². The molecule has 4 nitrogen and oxygen atoms in total. The Hall–Kier alpha value is -1.62. The van der Waals surface area contributed by atoms with E-state index in [4.69, 9.17) is 4.74 Å². The van der Waals surface area contributed by atoms with Crippen LogP contribution in [-0.2, 0) is 4.74 Å². The Morgan fingerprint density at radius 1 is 1.43 bits per heavy atom. The van der Waals surface area contributed by atoms with Gasteiger partial charge in [-0.2, -0.15) is 0 Å². The zero-order valence-corrected chi connectivity index (χ0v) is 12.8. The first-order chi connectivity index (χ1) is 9.85. The van der Waals surface area contributed by atoms with Gasteiger partial charge >= 0.3 is 6.09 Å². The molecule has 1 aromatic rings. The van der Waals surface area contributed by atoms with Gasteiger partial charge in [-0.3, -0.25) is 0 Å². The van der Waals surface area contributed by atoms with Crippen LogP contribution in [0.15, 0.2) is 24.3 Å². The van der Waals surface area contributed by atoms with Gasteiger partial charge in [0, 0.05) is 0 Å². The van der Waals surface area contributed by atoms with E-state index in [9.17, 15) is 9.18 Å². The number of nitrogens with one attached hydrogen (secondary N) is 2. The lowest BCUT2D eigenvalue weighted by atomic mass is 9.92. The smallest absolute Gasteiger partial charge is 0.407 e. The molecular weight excluding hydrogens is 271 g/mol. The minimum Gasteiger partial charge on any atom is -0.444 e. The average molecular weight is 294 g/mol. The summed E-state index contributed by atoms with van der Waals surface area (Å²) in [4.78, 5) is 11.9. The zero-order chi connectivity index (χ0) is 15.5. The van der Waals surface area contributed by atoms with Crippen LogP contribution in [0.25, 0.3) is 0 Å². The first-order valence-electron chi connectivity index (χ1n) is 7.33. The number of ether oxygens (including phenoxy) is 1. The van der Waals surface area contributed by atoms with Crippen molar-refractivity contribution in [3.8, 4) is 0 Å². The number of alkyl carbamates (subject to hydrolysis) is 1. The Morgan fingerprint density at radius 3 is 2.86 bits per heavy atom. The van der Waals surface area contributed by atoms with Crippen LogP contribution in [-0.4, -0.2) is 24.3 Å². The summed E-state index contributed by atoms with van der Waals surface area (Å²) in [6.07, 6.45) is 1.37. The molecule has 2 unspecified atom stereocenters. The molecule has 2 N–H and O–H groups in total. The Labute approximate surface area is 125 Å². The summed E-state index contributed by atoms with van der Waals surface area (Å²) in [7, 11) is 0. The highest BCUT2D eigenvalue weighted by molar-refractivity contribution is 5.68. The van der Waals surface area contributed by atoms with Crippen LogP contribution in [0, 0.1) is 5.82 Å². The van der Waals surface area contributed by atoms with Gasteiger partial charge in [0.05, 0.1) is 12.1 Å². The number of carbonyl (C=O) groups is 1. The molecule has 1 saturated heterocycles. The van der Waals surface area contributed by atoms with Crippen LogP contribution in [0.3, 0.4) is 0 Å². The highest BCUT2D eigenvalue weighted by Gasteiger charge is 2.29. The van der Waals surface area contributed by atoms with Gasteiger partial charge in [-0.15, -0.1) is 0 Å². The molecule has 1 fully saturated rings. The molecule has 5 heteroatoms. The summed E-state index contributed by atoms with van der Waals surface area (Å²) >= 11 is 0. The lowest BCUT2D eigenvalue weighted by Crippen LogP contribution is -2.49. The van der Waals surface area contributed by atoms with E-state index in [0.29, 0.717) is 0 Å². The van der Waals surface area contributed by atoms with Gasteiger partial charge in [0.1, 0.15) is 11.4 Å². The van der Waals surface area contributed by atoms with Gasteiger partial charge in [-0.1, -0.05) is 12.1 Å². The average Bonchev–Trinajstić information content (AvgIpc) is 2.37. The molecule has 0 saturated carbocycles. The molecule has 2 atom stereocenters. The molecule has 1 heterocycles. The largest absolute Gasteiger partial charge is 0.444 e. The van der Waals surface area contributed by atoms with Gasteiger partial charge in [0.2, 0.25) is 0 Å². The van der Waals surface area contributed by atoms with Gasteiger partial charge in [-0.25, -0.2) is 9.18 Å². The van der Waals surface area contributed by atoms with E-state index in [1.165, 1.54) is 12.1 Å². The first-order valence-corrected chi connectivity index (χ1v) is 7.33. The van der Waals surface area contributed by atoms with E-state index >= 15 is 0 Å². The number of piperidine rings is 1. The van der Waals surface area contributed by atoms with Crippen molar-refractivity contribution in [2.45, 2.75) is 51.3 Å². The number of halogens is 1. The fourth-order valence-electron chi connectivity index (χ4n) is 2.55. The van der Waals surface area contributed by atoms with E-state index in [2.05, 4.69) is 10.6 Å². The van der Waals surface area contributed by atoms with Crippen LogP contribution < -0.4 is 10.6 Å². The summed E-state index contributed by atoms with van der Waals surface area (Å²) in [5.74, 6) is -0.268. The quantitative estimate of drug-likeness (QED) is 0.881. The van der Waals surface area contributed by atoms with Gasteiger partial charge in [0.25, 0.3) is 0 Å². The van der Waals surface area contributed by atoms with Crippen LogP contribution in [0.2, 0.25) is 0 Å². The molecule has 1 amide bonds. The van der Waals surface area contributed by atoms with E-state index in [1.807, 2.05) is 26.8 Å². The zero-order valence-electron chi connectivity index (χ0n) is 12.8. The van der Waals surface area contributed by atoms with Crippen LogP contribution in [0.4, 0.5) is 9.18 Å². The Bertz CT molecular complexity index is 499. The Morgan fingerprint density at radius 2 is 2.19 bits per heavy atom. The predicted molar refractivity (Wildman–Crippen MR) is 79.5 cm³/mol. The van der Waals surface area contributed by atoms with Crippen molar-refractivity contribution < 1.29 is 13.9 Å². The van der Waals surface area contributed by atoms with Crippen molar-refractivity contribution in [2.24, 2.45) is 0 Å². The predicted octanol–water partition coefficient (Wildman–Crippen LogP) is 3.14. The fourth-order valence-corrected chi connectivity index (χ4v) is 2.55. The highest BCUT2D eigenvalue weighted by Crippen LogP contribution is 2.24.